The van der Waals surface area contributed by atoms with Crippen molar-refractivity contribution in [3.63, 3.8) is 0 Å². The Kier molecular flexibility index (Phi) is 4.74. The molecule has 0 radical (unpaired) electrons. The second-order valence-corrected chi connectivity index (χ2v) is 5.75. The predicted octanol–water partition coefficient (Wildman–Crippen LogP) is 1.68. The molecule has 0 spiro atoms. The summed E-state index contributed by atoms with van der Waals surface area (Å²) in [6, 6.07) is 0.152. The molecule has 0 aliphatic heterocycles. The molecule has 1 rings (SSSR count). The molecule has 0 aromatic carbocycles. The Morgan fingerprint density at radius 1 is 1.47 bits per heavy atom. The number of hydrogen-bond acceptors (Lipinski definition) is 3. The molecule has 5 nitrogen and oxygen atoms in total. The average molecular weight is 266 g/mol. The van der Waals surface area contributed by atoms with Gasteiger partial charge in [-0.3, -0.25) is 9.48 Å². The molecule has 0 bridgehead atoms. The number of nitrogens with zero attached hydrogens (tertiary/aromatic N) is 2. The van der Waals surface area contributed by atoms with Gasteiger partial charge in [-0.2, -0.15) is 5.10 Å². The van der Waals surface area contributed by atoms with Crippen molar-refractivity contribution < 1.29 is 4.79 Å². The van der Waals surface area contributed by atoms with Gasteiger partial charge >= 0.3 is 0 Å². The molecule has 0 saturated carbocycles. The van der Waals surface area contributed by atoms with Gasteiger partial charge in [-0.25, -0.2) is 0 Å². The zero-order valence-corrected chi connectivity index (χ0v) is 12.9. The fourth-order valence-corrected chi connectivity index (χ4v) is 2.24. The van der Waals surface area contributed by atoms with E-state index in [0.717, 1.165) is 12.2 Å². The highest BCUT2D eigenvalue weighted by Gasteiger charge is 2.26. The lowest BCUT2D eigenvalue weighted by atomic mass is 9.92. The summed E-state index contributed by atoms with van der Waals surface area (Å²) >= 11 is 0. The molecule has 1 unspecified atom stereocenters. The van der Waals surface area contributed by atoms with Gasteiger partial charge in [0.05, 0.1) is 11.1 Å². The van der Waals surface area contributed by atoms with E-state index in [1.54, 1.807) is 0 Å². The van der Waals surface area contributed by atoms with Crippen LogP contribution in [0.2, 0.25) is 0 Å². The molecular weight excluding hydrogens is 240 g/mol. The molecule has 1 aromatic heterocycles. The number of amides is 1. The number of carbonyl (C=O) groups is 1. The van der Waals surface area contributed by atoms with Crippen LogP contribution < -0.4 is 11.1 Å². The van der Waals surface area contributed by atoms with Crippen LogP contribution >= 0.6 is 0 Å². The van der Waals surface area contributed by atoms with Gasteiger partial charge in [0.25, 0.3) is 0 Å². The second kappa shape index (κ2) is 5.74. The van der Waals surface area contributed by atoms with Crippen LogP contribution in [0.1, 0.15) is 50.7 Å². The van der Waals surface area contributed by atoms with Gasteiger partial charge in [0.2, 0.25) is 5.91 Å². The summed E-state index contributed by atoms with van der Waals surface area (Å²) in [5.41, 5.74) is 8.27. The third-order valence-corrected chi connectivity index (χ3v) is 3.69. The maximum Gasteiger partial charge on any atom is 0.224 e. The Morgan fingerprint density at radius 3 is 2.47 bits per heavy atom. The van der Waals surface area contributed by atoms with Crippen molar-refractivity contribution in [1.29, 1.82) is 0 Å². The number of aryl methyl sites for hydroxylation is 2. The standard InChI is InChI=1S/C14H26N4O/c1-7-18-11(4)12(10(3)17-18)9(2)16-8-14(5,6)13(15)19/h9,16H,7-8H2,1-6H3,(H2,15,19). The Balaban J connectivity index is 2.82. The summed E-state index contributed by atoms with van der Waals surface area (Å²) in [4.78, 5) is 11.3. The maximum atomic E-state index is 11.3. The fourth-order valence-electron chi connectivity index (χ4n) is 2.24. The van der Waals surface area contributed by atoms with Gasteiger partial charge in [-0.1, -0.05) is 0 Å². The van der Waals surface area contributed by atoms with E-state index in [1.165, 1.54) is 11.3 Å². The van der Waals surface area contributed by atoms with Crippen molar-refractivity contribution in [2.45, 2.75) is 54.1 Å². The second-order valence-electron chi connectivity index (χ2n) is 5.75. The molecule has 1 aromatic rings. The van der Waals surface area contributed by atoms with Gasteiger partial charge in [0.1, 0.15) is 0 Å². The van der Waals surface area contributed by atoms with E-state index in [4.69, 9.17) is 5.73 Å². The first-order chi connectivity index (χ1) is 8.70. The highest BCUT2D eigenvalue weighted by molar-refractivity contribution is 5.80. The molecule has 3 N–H and O–H groups in total. The van der Waals surface area contributed by atoms with Crippen LogP contribution in [0.15, 0.2) is 0 Å². The van der Waals surface area contributed by atoms with E-state index >= 15 is 0 Å². The lowest BCUT2D eigenvalue weighted by Crippen LogP contribution is -2.41. The topological polar surface area (TPSA) is 72.9 Å². The van der Waals surface area contributed by atoms with E-state index in [1.807, 2.05) is 25.5 Å². The highest BCUT2D eigenvalue weighted by atomic mass is 16.1. The summed E-state index contributed by atoms with van der Waals surface area (Å²) in [5.74, 6) is -0.287. The van der Waals surface area contributed by atoms with Gasteiger partial charge in [0, 0.05) is 30.4 Å². The number of primary amides is 1. The molecular formula is C14H26N4O. The number of rotatable bonds is 6. The van der Waals surface area contributed by atoms with Crippen LogP contribution in [0, 0.1) is 19.3 Å². The first kappa shape index (κ1) is 15.7. The summed E-state index contributed by atoms with van der Waals surface area (Å²) in [7, 11) is 0. The number of nitrogens with one attached hydrogen (secondary N) is 1. The zero-order valence-electron chi connectivity index (χ0n) is 12.9. The van der Waals surface area contributed by atoms with Crippen molar-refractivity contribution in [2.75, 3.05) is 6.54 Å². The Labute approximate surface area is 115 Å². The van der Waals surface area contributed by atoms with Crippen molar-refractivity contribution in [3.05, 3.63) is 17.0 Å². The van der Waals surface area contributed by atoms with Crippen molar-refractivity contribution >= 4 is 5.91 Å². The first-order valence-electron chi connectivity index (χ1n) is 6.78. The smallest absolute Gasteiger partial charge is 0.224 e. The van der Waals surface area contributed by atoms with Crippen LogP contribution in [0.5, 0.6) is 0 Å². The van der Waals surface area contributed by atoms with E-state index < -0.39 is 5.41 Å². The van der Waals surface area contributed by atoms with Gasteiger partial charge in [-0.15, -0.1) is 0 Å². The largest absolute Gasteiger partial charge is 0.369 e. The van der Waals surface area contributed by atoms with E-state index in [0.29, 0.717) is 6.54 Å². The molecule has 0 fully saturated rings. The van der Waals surface area contributed by atoms with E-state index in [9.17, 15) is 4.79 Å². The lowest BCUT2D eigenvalue weighted by Gasteiger charge is -2.24. The predicted molar refractivity (Wildman–Crippen MR) is 76.8 cm³/mol. The minimum Gasteiger partial charge on any atom is -0.369 e. The molecule has 1 amide bonds. The van der Waals surface area contributed by atoms with E-state index in [-0.39, 0.29) is 11.9 Å². The molecule has 5 heteroatoms. The molecule has 0 aliphatic rings. The third-order valence-electron chi connectivity index (χ3n) is 3.69. The van der Waals surface area contributed by atoms with Gasteiger partial charge in [0.15, 0.2) is 0 Å². The monoisotopic (exact) mass is 266 g/mol. The van der Waals surface area contributed by atoms with Gasteiger partial charge < -0.3 is 11.1 Å². The maximum absolute atomic E-state index is 11.3. The lowest BCUT2D eigenvalue weighted by molar-refractivity contribution is -0.125. The molecule has 1 heterocycles. The summed E-state index contributed by atoms with van der Waals surface area (Å²) < 4.78 is 2.00. The summed E-state index contributed by atoms with van der Waals surface area (Å²) in [5, 5.41) is 7.90. The Hall–Kier alpha value is -1.36. The quantitative estimate of drug-likeness (QED) is 0.823. The van der Waals surface area contributed by atoms with E-state index in [2.05, 4.69) is 31.2 Å². The van der Waals surface area contributed by atoms with Crippen LogP contribution in [0.3, 0.4) is 0 Å². The van der Waals surface area contributed by atoms with Crippen LogP contribution in [0.25, 0.3) is 0 Å². The minimum absolute atomic E-state index is 0.152. The van der Waals surface area contributed by atoms with Crippen LogP contribution in [-0.2, 0) is 11.3 Å². The van der Waals surface area contributed by atoms with Crippen molar-refractivity contribution in [1.82, 2.24) is 15.1 Å². The first-order valence-corrected chi connectivity index (χ1v) is 6.78. The van der Waals surface area contributed by atoms with Gasteiger partial charge in [-0.05, 0) is 41.5 Å². The molecule has 0 aliphatic carbocycles. The summed E-state index contributed by atoms with van der Waals surface area (Å²) in [6.45, 7) is 13.4. The molecule has 19 heavy (non-hydrogen) atoms. The van der Waals surface area contributed by atoms with Crippen LogP contribution in [0.4, 0.5) is 0 Å². The number of nitrogens with two attached hydrogens (primary N) is 1. The van der Waals surface area contributed by atoms with Crippen LogP contribution in [-0.4, -0.2) is 22.2 Å². The average Bonchev–Trinajstić information content (AvgIpc) is 2.61. The number of carbonyl (C=O) groups excluding carboxylic acids is 1. The molecule has 1 atom stereocenters. The Bertz CT molecular complexity index is 462. The van der Waals surface area contributed by atoms with Crippen molar-refractivity contribution in [3.8, 4) is 0 Å². The van der Waals surface area contributed by atoms with Crippen molar-refractivity contribution in [2.24, 2.45) is 11.1 Å². The Morgan fingerprint density at radius 2 is 2.05 bits per heavy atom. The minimum atomic E-state index is -0.545. The highest BCUT2D eigenvalue weighted by Crippen LogP contribution is 2.22. The SMILES string of the molecule is CCn1nc(C)c(C(C)NCC(C)(C)C(N)=O)c1C. The number of aromatic nitrogens is 2. The number of hydrogen-bond donors (Lipinski definition) is 2. The molecule has 0 saturated heterocycles. The summed E-state index contributed by atoms with van der Waals surface area (Å²) in [6.07, 6.45) is 0. The zero-order chi connectivity index (χ0) is 14.8. The fraction of sp³-hybridized carbons (Fsp3) is 0.714. The molecule has 108 valence electrons. The third kappa shape index (κ3) is 3.35. The normalized spacial score (nSPS) is 13.6.